The van der Waals surface area contributed by atoms with Gasteiger partial charge in [0.2, 0.25) is 0 Å². The molecule has 0 aromatic heterocycles. The molecule has 0 amide bonds. The zero-order valence-electron chi connectivity index (χ0n) is 5.11. The summed E-state index contributed by atoms with van der Waals surface area (Å²) < 4.78 is 0. The average Bonchev–Trinajstić information content (AvgIpc) is 1.66. The molecule has 0 saturated carbocycles. The van der Waals surface area contributed by atoms with Crippen molar-refractivity contribution >= 4 is 17.2 Å². The molecule has 0 aliphatic rings. The summed E-state index contributed by atoms with van der Waals surface area (Å²) in [5.74, 6) is 0. The maximum atomic E-state index is 5.20. The minimum absolute atomic E-state index is 0.540. The van der Waals surface area contributed by atoms with E-state index in [0.717, 1.165) is 13.0 Å². The smallest absolute Gasteiger partial charge is 0.0867 e. The minimum Gasteiger partial charge on any atom is -0.392 e. The van der Waals surface area contributed by atoms with E-state index in [-0.39, 0.29) is 0 Å². The Labute approximate surface area is 55.4 Å². The van der Waals surface area contributed by atoms with Crippen LogP contribution in [0.5, 0.6) is 0 Å². The Balaban J connectivity index is 2.82. The van der Waals surface area contributed by atoms with E-state index in [4.69, 9.17) is 5.73 Å². The lowest BCUT2D eigenvalue weighted by molar-refractivity contribution is 0.743. The van der Waals surface area contributed by atoms with Gasteiger partial charge in [-0.05, 0) is 13.0 Å². The topological polar surface area (TPSA) is 38.0 Å². The first kappa shape index (κ1) is 7.85. The van der Waals surface area contributed by atoms with Crippen LogP contribution in [0.2, 0.25) is 0 Å². The molecule has 0 radical (unpaired) electrons. The van der Waals surface area contributed by atoms with Gasteiger partial charge in [-0.15, -0.1) is 0 Å². The van der Waals surface area contributed by atoms with Crippen molar-refractivity contribution in [3.05, 3.63) is 0 Å². The molecule has 0 aliphatic heterocycles. The zero-order chi connectivity index (χ0) is 6.41. The summed E-state index contributed by atoms with van der Waals surface area (Å²) in [6.45, 7) is 3.77. The Bertz CT molecular complexity index is 72.8. The van der Waals surface area contributed by atoms with Crippen LogP contribution in [0.1, 0.15) is 13.3 Å². The van der Waals surface area contributed by atoms with Gasteiger partial charge in [-0.1, -0.05) is 19.1 Å². The molecule has 3 N–H and O–H groups in total. The summed E-state index contributed by atoms with van der Waals surface area (Å²) >= 11 is 4.62. The Morgan fingerprint density at radius 3 is 2.75 bits per heavy atom. The van der Waals surface area contributed by atoms with E-state index >= 15 is 0 Å². The summed E-state index contributed by atoms with van der Waals surface area (Å²) in [6, 6.07) is 0. The molecule has 8 heavy (non-hydrogen) atoms. The molecule has 2 nitrogen and oxygen atoms in total. The normalized spacial score (nSPS) is 9.12. The van der Waals surface area contributed by atoms with Crippen LogP contribution in [0.3, 0.4) is 0 Å². The summed E-state index contributed by atoms with van der Waals surface area (Å²) in [5, 5.41) is 3.07. The van der Waals surface area contributed by atoms with Crippen molar-refractivity contribution in [3.63, 3.8) is 0 Å². The Morgan fingerprint density at radius 1 is 1.75 bits per heavy atom. The number of nitrogens with one attached hydrogen (secondary N) is 1. The molecule has 0 spiro atoms. The van der Waals surface area contributed by atoms with E-state index in [0.29, 0.717) is 11.5 Å². The van der Waals surface area contributed by atoms with Crippen LogP contribution in [-0.4, -0.2) is 18.1 Å². The van der Waals surface area contributed by atoms with Gasteiger partial charge in [0.1, 0.15) is 0 Å². The fourth-order valence-electron chi connectivity index (χ4n) is 0.388. The fraction of sp³-hybridized carbons (Fsp3) is 0.800. The molecule has 3 heteroatoms. The minimum atomic E-state index is 0.540. The fourth-order valence-corrected chi connectivity index (χ4v) is 0.490. The lowest BCUT2D eigenvalue weighted by Gasteiger charge is -1.97. The standard InChI is InChI=1S/C5H12N2S/c1-2-3-7-4-5(6)8/h7H,2-4H2,1H3,(H2,6,8). The third-order valence-corrected chi connectivity index (χ3v) is 0.870. The van der Waals surface area contributed by atoms with E-state index in [9.17, 15) is 0 Å². The second-order valence-corrected chi connectivity index (χ2v) is 2.17. The average molecular weight is 132 g/mol. The van der Waals surface area contributed by atoms with Gasteiger partial charge in [-0.25, -0.2) is 0 Å². The van der Waals surface area contributed by atoms with Crippen LogP contribution < -0.4 is 11.1 Å². The predicted molar refractivity (Wildman–Crippen MR) is 39.9 cm³/mol. The SMILES string of the molecule is CCCNCC(N)=S. The molecule has 0 aliphatic carbocycles. The van der Waals surface area contributed by atoms with Gasteiger partial charge in [-0.2, -0.15) is 0 Å². The van der Waals surface area contributed by atoms with Gasteiger partial charge in [-0.3, -0.25) is 0 Å². The van der Waals surface area contributed by atoms with Crippen molar-refractivity contribution in [2.24, 2.45) is 5.73 Å². The van der Waals surface area contributed by atoms with Crippen LogP contribution >= 0.6 is 12.2 Å². The Hall–Kier alpha value is -0.150. The third kappa shape index (κ3) is 5.85. The molecule has 0 rings (SSSR count). The van der Waals surface area contributed by atoms with Crippen LogP contribution in [0.15, 0.2) is 0 Å². The third-order valence-electron chi connectivity index (χ3n) is 0.726. The van der Waals surface area contributed by atoms with E-state index in [1.54, 1.807) is 0 Å². The molecule has 0 aromatic rings. The summed E-state index contributed by atoms with van der Waals surface area (Å²) in [7, 11) is 0. The maximum Gasteiger partial charge on any atom is 0.0867 e. The second-order valence-electron chi connectivity index (χ2n) is 1.64. The van der Waals surface area contributed by atoms with Gasteiger partial charge in [0, 0.05) is 6.54 Å². The molecule has 0 bridgehead atoms. The lowest BCUT2D eigenvalue weighted by atomic mass is 10.5. The highest BCUT2D eigenvalue weighted by Gasteiger charge is 1.84. The van der Waals surface area contributed by atoms with Gasteiger partial charge in [0.15, 0.2) is 0 Å². The number of hydrogen-bond acceptors (Lipinski definition) is 2. The first-order valence-corrected chi connectivity index (χ1v) is 3.17. The van der Waals surface area contributed by atoms with E-state index in [2.05, 4.69) is 24.5 Å². The van der Waals surface area contributed by atoms with Crippen molar-refractivity contribution < 1.29 is 0 Å². The molecule has 0 fully saturated rings. The van der Waals surface area contributed by atoms with E-state index in [1.165, 1.54) is 0 Å². The van der Waals surface area contributed by atoms with Gasteiger partial charge >= 0.3 is 0 Å². The van der Waals surface area contributed by atoms with Crippen LogP contribution in [-0.2, 0) is 0 Å². The first-order valence-electron chi connectivity index (χ1n) is 2.76. The Morgan fingerprint density at radius 2 is 2.38 bits per heavy atom. The highest BCUT2D eigenvalue weighted by Crippen LogP contribution is 1.68. The second kappa shape index (κ2) is 5.00. The largest absolute Gasteiger partial charge is 0.392 e. The maximum absolute atomic E-state index is 5.20. The van der Waals surface area contributed by atoms with Crippen LogP contribution in [0.25, 0.3) is 0 Å². The van der Waals surface area contributed by atoms with E-state index in [1.807, 2.05) is 0 Å². The zero-order valence-corrected chi connectivity index (χ0v) is 5.92. The number of rotatable bonds is 4. The van der Waals surface area contributed by atoms with E-state index < -0.39 is 0 Å². The monoisotopic (exact) mass is 132 g/mol. The Kier molecular flexibility index (Phi) is 4.90. The highest BCUT2D eigenvalue weighted by atomic mass is 32.1. The van der Waals surface area contributed by atoms with Gasteiger partial charge in [0.05, 0.1) is 4.99 Å². The molecule has 0 unspecified atom stereocenters. The molecular formula is C5H12N2S. The number of hydrogen-bond donors (Lipinski definition) is 2. The number of nitrogens with two attached hydrogens (primary N) is 1. The molecule has 0 saturated heterocycles. The van der Waals surface area contributed by atoms with Gasteiger partial charge in [0.25, 0.3) is 0 Å². The highest BCUT2D eigenvalue weighted by molar-refractivity contribution is 7.80. The lowest BCUT2D eigenvalue weighted by Crippen LogP contribution is -2.27. The predicted octanol–water partition coefficient (Wildman–Crippen LogP) is 0.272. The van der Waals surface area contributed by atoms with Crippen LogP contribution in [0, 0.1) is 0 Å². The molecule has 0 atom stereocenters. The first-order chi connectivity index (χ1) is 3.77. The molecule has 48 valence electrons. The van der Waals surface area contributed by atoms with Gasteiger partial charge < -0.3 is 11.1 Å². The molecule has 0 heterocycles. The van der Waals surface area contributed by atoms with Crippen LogP contribution in [0.4, 0.5) is 0 Å². The summed E-state index contributed by atoms with van der Waals surface area (Å²) in [6.07, 6.45) is 1.13. The van der Waals surface area contributed by atoms with Crippen molar-refractivity contribution in [1.29, 1.82) is 0 Å². The molecule has 0 aromatic carbocycles. The van der Waals surface area contributed by atoms with Crippen molar-refractivity contribution in [1.82, 2.24) is 5.32 Å². The number of thiocarbonyl (C=S) groups is 1. The molecular weight excluding hydrogens is 120 g/mol. The van der Waals surface area contributed by atoms with Crippen molar-refractivity contribution in [2.75, 3.05) is 13.1 Å². The summed E-state index contributed by atoms with van der Waals surface area (Å²) in [4.78, 5) is 0.540. The quantitative estimate of drug-likeness (QED) is 0.426. The summed E-state index contributed by atoms with van der Waals surface area (Å²) in [5.41, 5.74) is 5.20. The van der Waals surface area contributed by atoms with Crippen molar-refractivity contribution in [3.8, 4) is 0 Å². The van der Waals surface area contributed by atoms with Crippen molar-refractivity contribution in [2.45, 2.75) is 13.3 Å².